The first-order chi connectivity index (χ1) is 13.5. The van der Waals surface area contributed by atoms with Crippen LogP contribution in [0.2, 0.25) is 0 Å². The minimum atomic E-state index is -0.974. The molecule has 2 heterocycles. The number of fused-ring (bicyclic) bond motifs is 1. The zero-order chi connectivity index (χ0) is 21.5. The summed E-state index contributed by atoms with van der Waals surface area (Å²) >= 11 is 3.34. The maximum atomic E-state index is 13.0. The number of rotatable bonds is 3. The second-order valence-electron chi connectivity index (χ2n) is 7.84. The Labute approximate surface area is 175 Å². The van der Waals surface area contributed by atoms with Crippen LogP contribution < -0.4 is 11.1 Å². The summed E-state index contributed by atoms with van der Waals surface area (Å²) in [7, 11) is 0. The monoisotopic (exact) mass is 467 g/mol. The average molecular weight is 468 g/mol. The summed E-state index contributed by atoms with van der Waals surface area (Å²) in [5.74, 6) is -1.63. The van der Waals surface area contributed by atoms with E-state index in [9.17, 15) is 19.5 Å². The molecule has 3 amide bonds. The minimum absolute atomic E-state index is 0.0344. The highest BCUT2D eigenvalue weighted by Crippen LogP contribution is 2.33. The van der Waals surface area contributed by atoms with E-state index in [0.717, 1.165) is 0 Å². The minimum Gasteiger partial charge on any atom is -0.449 e. The molecular formula is C19H22BrN3O6. The van der Waals surface area contributed by atoms with Gasteiger partial charge < -0.3 is 25.3 Å². The van der Waals surface area contributed by atoms with E-state index in [1.165, 1.54) is 4.90 Å². The molecule has 10 heteroatoms. The van der Waals surface area contributed by atoms with E-state index in [1.807, 2.05) is 0 Å². The smallest absolute Gasteiger partial charge is 0.411 e. The fraction of sp³-hybridized carbons (Fsp3) is 0.421. The van der Waals surface area contributed by atoms with E-state index >= 15 is 0 Å². The molecule has 156 valence electrons. The maximum absolute atomic E-state index is 13.0. The van der Waals surface area contributed by atoms with Gasteiger partial charge in [-0.25, -0.2) is 4.79 Å². The van der Waals surface area contributed by atoms with Gasteiger partial charge in [-0.15, -0.1) is 0 Å². The summed E-state index contributed by atoms with van der Waals surface area (Å²) in [6, 6.07) is 4.06. The zero-order valence-electron chi connectivity index (χ0n) is 16.2. The SMILES string of the molecule is CC(C)(C)OC(=O)N1CC(O)CC1C(=O)Nc1c(C(N)=O)oc2ccc(Br)cc12. The molecular weight excluding hydrogens is 446 g/mol. The van der Waals surface area contributed by atoms with E-state index in [0.29, 0.717) is 15.4 Å². The molecule has 1 aromatic heterocycles. The summed E-state index contributed by atoms with van der Waals surface area (Å²) in [5.41, 5.74) is 5.12. The number of β-amino-alcohol motifs (C(OH)–C–C–N with tert-alkyl or cyclic N) is 1. The highest BCUT2D eigenvalue weighted by Gasteiger charge is 2.41. The number of halogens is 1. The quantitative estimate of drug-likeness (QED) is 0.634. The van der Waals surface area contributed by atoms with Gasteiger partial charge in [-0.05, 0) is 39.0 Å². The Morgan fingerprint density at radius 2 is 2.03 bits per heavy atom. The molecule has 9 nitrogen and oxygen atoms in total. The molecule has 0 spiro atoms. The molecule has 4 N–H and O–H groups in total. The van der Waals surface area contributed by atoms with Gasteiger partial charge in [0, 0.05) is 16.3 Å². The second-order valence-corrected chi connectivity index (χ2v) is 8.75. The molecule has 1 aliphatic heterocycles. The van der Waals surface area contributed by atoms with E-state index < -0.39 is 35.7 Å². The molecule has 2 aromatic rings. The van der Waals surface area contributed by atoms with Gasteiger partial charge in [0.25, 0.3) is 5.91 Å². The summed E-state index contributed by atoms with van der Waals surface area (Å²) in [4.78, 5) is 38.4. The molecule has 2 unspecified atom stereocenters. The number of benzene rings is 1. The molecule has 1 saturated heterocycles. The van der Waals surface area contributed by atoms with Crippen molar-refractivity contribution < 1.29 is 28.6 Å². The summed E-state index contributed by atoms with van der Waals surface area (Å²) < 4.78 is 11.5. The van der Waals surface area contributed by atoms with Crippen LogP contribution in [-0.4, -0.2) is 52.2 Å². The third-order valence-corrected chi connectivity index (χ3v) is 4.82. The Morgan fingerprint density at radius 1 is 1.34 bits per heavy atom. The number of hydrogen-bond acceptors (Lipinski definition) is 6. The fourth-order valence-corrected chi connectivity index (χ4v) is 3.52. The van der Waals surface area contributed by atoms with E-state index in [2.05, 4.69) is 21.2 Å². The Morgan fingerprint density at radius 3 is 2.66 bits per heavy atom. The lowest BCUT2D eigenvalue weighted by Gasteiger charge is -2.27. The first kappa shape index (κ1) is 21.1. The molecule has 1 fully saturated rings. The highest BCUT2D eigenvalue weighted by atomic mass is 79.9. The van der Waals surface area contributed by atoms with Crippen molar-refractivity contribution >= 4 is 50.5 Å². The highest BCUT2D eigenvalue weighted by molar-refractivity contribution is 9.10. The van der Waals surface area contributed by atoms with E-state index in [1.54, 1.807) is 39.0 Å². The number of likely N-dealkylation sites (tertiary alicyclic amines) is 1. The number of anilines is 1. The van der Waals surface area contributed by atoms with Crippen LogP contribution in [0, 0.1) is 0 Å². The lowest BCUT2D eigenvalue weighted by atomic mass is 10.1. The molecule has 3 rings (SSSR count). The summed E-state index contributed by atoms with van der Waals surface area (Å²) in [5, 5.41) is 13.1. The molecule has 1 aliphatic rings. The molecule has 0 aliphatic carbocycles. The Hall–Kier alpha value is -2.59. The van der Waals surface area contributed by atoms with Crippen molar-refractivity contribution in [3.8, 4) is 0 Å². The third-order valence-electron chi connectivity index (χ3n) is 4.33. The van der Waals surface area contributed by atoms with Crippen LogP contribution in [0.5, 0.6) is 0 Å². The number of furan rings is 1. The van der Waals surface area contributed by atoms with Gasteiger partial charge in [-0.2, -0.15) is 0 Å². The van der Waals surface area contributed by atoms with Crippen molar-refractivity contribution in [2.75, 3.05) is 11.9 Å². The standard InChI is InChI=1S/C19H22BrN3O6/c1-19(2,3)29-18(27)23-8-10(24)7-12(23)17(26)22-14-11-6-9(20)4-5-13(11)28-15(14)16(21)25/h4-6,10,12,24H,7-8H2,1-3H3,(H2,21,25)(H,22,26). The third kappa shape index (κ3) is 4.54. The lowest BCUT2D eigenvalue weighted by molar-refractivity contribution is -0.120. The van der Waals surface area contributed by atoms with Crippen LogP contribution in [0.1, 0.15) is 37.7 Å². The molecule has 0 saturated carbocycles. The van der Waals surface area contributed by atoms with Crippen molar-refractivity contribution in [2.24, 2.45) is 5.73 Å². The fourth-order valence-electron chi connectivity index (χ4n) is 3.16. The molecule has 1 aromatic carbocycles. The first-order valence-corrected chi connectivity index (χ1v) is 9.76. The van der Waals surface area contributed by atoms with Gasteiger partial charge in [0.2, 0.25) is 11.7 Å². The largest absolute Gasteiger partial charge is 0.449 e. The number of primary amides is 1. The van der Waals surface area contributed by atoms with Gasteiger partial charge in [0.05, 0.1) is 12.6 Å². The molecule has 29 heavy (non-hydrogen) atoms. The number of nitrogens with one attached hydrogen (secondary N) is 1. The van der Waals surface area contributed by atoms with Crippen LogP contribution in [-0.2, 0) is 9.53 Å². The number of hydrogen-bond donors (Lipinski definition) is 3. The van der Waals surface area contributed by atoms with Crippen LogP contribution in [0.4, 0.5) is 10.5 Å². The van der Waals surface area contributed by atoms with Crippen molar-refractivity contribution in [1.29, 1.82) is 0 Å². The number of nitrogens with two attached hydrogens (primary N) is 1. The number of carbonyl (C=O) groups excluding carboxylic acids is 3. The van der Waals surface area contributed by atoms with Crippen molar-refractivity contribution in [3.05, 3.63) is 28.4 Å². The van der Waals surface area contributed by atoms with Gasteiger partial charge in [0.15, 0.2) is 0 Å². The van der Waals surface area contributed by atoms with Crippen LogP contribution in [0.3, 0.4) is 0 Å². The maximum Gasteiger partial charge on any atom is 0.411 e. The number of aliphatic hydroxyl groups is 1. The number of amides is 3. The second kappa shape index (κ2) is 7.68. The number of nitrogens with zero attached hydrogens (tertiary/aromatic N) is 1. The Bertz CT molecular complexity index is 980. The van der Waals surface area contributed by atoms with Crippen LogP contribution >= 0.6 is 15.9 Å². The van der Waals surface area contributed by atoms with Gasteiger partial charge >= 0.3 is 6.09 Å². The van der Waals surface area contributed by atoms with Crippen LogP contribution in [0.25, 0.3) is 11.0 Å². The predicted octanol–water partition coefficient (Wildman–Crippen LogP) is 2.60. The predicted molar refractivity (Wildman–Crippen MR) is 108 cm³/mol. The van der Waals surface area contributed by atoms with Crippen molar-refractivity contribution in [1.82, 2.24) is 4.90 Å². The van der Waals surface area contributed by atoms with E-state index in [-0.39, 0.29) is 24.4 Å². The zero-order valence-corrected chi connectivity index (χ0v) is 17.8. The van der Waals surface area contributed by atoms with E-state index in [4.69, 9.17) is 14.9 Å². The Kier molecular flexibility index (Phi) is 5.59. The van der Waals surface area contributed by atoms with Crippen LogP contribution in [0.15, 0.2) is 27.1 Å². The summed E-state index contributed by atoms with van der Waals surface area (Å²) in [6.45, 7) is 5.09. The van der Waals surface area contributed by atoms with Gasteiger partial charge in [0.1, 0.15) is 22.9 Å². The normalized spacial score (nSPS) is 19.4. The number of aliphatic hydroxyl groups excluding tert-OH is 1. The molecule has 0 radical (unpaired) electrons. The summed E-state index contributed by atoms with van der Waals surface area (Å²) in [6.07, 6.45) is -1.54. The van der Waals surface area contributed by atoms with Crippen molar-refractivity contribution in [2.45, 2.75) is 44.9 Å². The van der Waals surface area contributed by atoms with Crippen molar-refractivity contribution in [3.63, 3.8) is 0 Å². The lowest BCUT2D eigenvalue weighted by Crippen LogP contribution is -2.45. The molecule has 2 atom stereocenters. The van der Waals surface area contributed by atoms with Gasteiger partial charge in [-0.3, -0.25) is 14.5 Å². The first-order valence-electron chi connectivity index (χ1n) is 8.96. The average Bonchev–Trinajstić information content (AvgIpc) is 3.14. The molecule has 0 bridgehead atoms. The number of carbonyl (C=O) groups is 3. The number of ether oxygens (including phenoxy) is 1. The van der Waals surface area contributed by atoms with Gasteiger partial charge in [-0.1, -0.05) is 15.9 Å². The topological polar surface area (TPSA) is 135 Å². The Balaban J connectivity index is 1.91.